The number of nitrogens with one attached hydrogen (secondary N) is 2. The SMILES string of the molecule is CC(C)(C)OC(=O)N[C@@H](Cc1ccccc1)C(=O)Nc1cc(C(=O)OCc2ccccc2)cc(C(=O)OCc2ccccc2)c1. The van der Waals surface area contributed by atoms with Gasteiger partial charge in [0.05, 0.1) is 11.1 Å². The van der Waals surface area contributed by atoms with Crippen LogP contribution in [0.3, 0.4) is 0 Å². The maximum absolute atomic E-state index is 13.6. The van der Waals surface area contributed by atoms with Gasteiger partial charge in [0.15, 0.2) is 0 Å². The van der Waals surface area contributed by atoms with E-state index in [1.54, 1.807) is 20.8 Å². The topological polar surface area (TPSA) is 120 Å². The van der Waals surface area contributed by atoms with Crippen molar-refractivity contribution in [2.75, 3.05) is 5.32 Å². The highest BCUT2D eigenvalue weighted by Gasteiger charge is 2.26. The fourth-order valence-electron chi connectivity index (χ4n) is 4.29. The molecule has 0 saturated heterocycles. The second-order valence-electron chi connectivity index (χ2n) is 11.3. The Morgan fingerprint density at radius 1 is 0.644 bits per heavy atom. The van der Waals surface area contributed by atoms with Crippen molar-refractivity contribution >= 4 is 29.6 Å². The molecule has 0 bridgehead atoms. The maximum Gasteiger partial charge on any atom is 0.408 e. The van der Waals surface area contributed by atoms with Crippen LogP contribution in [0.4, 0.5) is 10.5 Å². The standard InChI is InChI=1S/C36H36N2O7/c1-36(2,3)45-35(42)38-31(19-25-13-7-4-8-14-25)32(39)37-30-21-28(33(40)43-23-26-15-9-5-10-16-26)20-29(22-30)34(41)44-24-27-17-11-6-12-18-27/h4-18,20-22,31H,19,23-24H2,1-3H3,(H,37,39)(H,38,42)/t31-/m0/s1. The zero-order valence-electron chi connectivity index (χ0n) is 25.4. The predicted octanol–water partition coefficient (Wildman–Crippen LogP) is 6.48. The minimum atomic E-state index is -1.04. The number of alkyl carbamates (subject to hydrolysis) is 1. The first-order valence-electron chi connectivity index (χ1n) is 14.5. The minimum Gasteiger partial charge on any atom is -0.457 e. The molecule has 45 heavy (non-hydrogen) atoms. The van der Waals surface area contributed by atoms with Crippen LogP contribution in [0.2, 0.25) is 0 Å². The van der Waals surface area contributed by atoms with Gasteiger partial charge in [-0.05, 0) is 55.7 Å². The Balaban J connectivity index is 1.58. The third-order valence-electron chi connectivity index (χ3n) is 6.39. The number of carbonyl (C=O) groups is 4. The number of ether oxygens (including phenoxy) is 3. The summed E-state index contributed by atoms with van der Waals surface area (Å²) in [5.41, 5.74) is 1.82. The highest BCUT2D eigenvalue weighted by atomic mass is 16.6. The average Bonchev–Trinajstić information content (AvgIpc) is 3.02. The highest BCUT2D eigenvalue weighted by Crippen LogP contribution is 2.20. The number of hydrogen-bond donors (Lipinski definition) is 2. The molecule has 2 amide bonds. The smallest absolute Gasteiger partial charge is 0.408 e. The molecule has 9 nitrogen and oxygen atoms in total. The number of carbonyl (C=O) groups excluding carboxylic acids is 4. The van der Waals surface area contributed by atoms with Crippen molar-refractivity contribution in [3.63, 3.8) is 0 Å². The lowest BCUT2D eigenvalue weighted by Gasteiger charge is -2.23. The van der Waals surface area contributed by atoms with E-state index in [1.165, 1.54) is 18.2 Å². The number of rotatable bonds is 11. The van der Waals surface area contributed by atoms with E-state index >= 15 is 0 Å². The van der Waals surface area contributed by atoms with E-state index in [-0.39, 0.29) is 36.4 Å². The number of esters is 2. The van der Waals surface area contributed by atoms with Gasteiger partial charge >= 0.3 is 18.0 Å². The number of amides is 2. The minimum absolute atomic E-state index is 0.0169. The molecule has 0 saturated carbocycles. The van der Waals surface area contributed by atoms with Gasteiger partial charge in [-0.1, -0.05) is 91.0 Å². The Bertz CT molecular complexity index is 1530. The van der Waals surface area contributed by atoms with Gasteiger partial charge in [-0.25, -0.2) is 14.4 Å². The molecule has 0 fully saturated rings. The Kier molecular flexibility index (Phi) is 11.1. The van der Waals surface area contributed by atoms with E-state index in [1.807, 2.05) is 91.0 Å². The molecule has 1 atom stereocenters. The largest absolute Gasteiger partial charge is 0.457 e. The van der Waals surface area contributed by atoms with Gasteiger partial charge in [-0.2, -0.15) is 0 Å². The van der Waals surface area contributed by atoms with Crippen molar-refractivity contribution in [2.45, 2.75) is 52.0 Å². The zero-order valence-corrected chi connectivity index (χ0v) is 25.4. The molecule has 4 aromatic carbocycles. The van der Waals surface area contributed by atoms with Crippen LogP contribution in [-0.2, 0) is 38.6 Å². The van der Waals surface area contributed by atoms with Crippen LogP contribution in [0.1, 0.15) is 58.2 Å². The molecule has 0 radical (unpaired) electrons. The second kappa shape index (κ2) is 15.3. The summed E-state index contributed by atoms with van der Waals surface area (Å²) in [6.45, 7) is 5.20. The molecule has 0 heterocycles. The van der Waals surface area contributed by atoms with Gasteiger partial charge in [0.2, 0.25) is 5.91 Å². The third-order valence-corrected chi connectivity index (χ3v) is 6.39. The fourth-order valence-corrected chi connectivity index (χ4v) is 4.29. The highest BCUT2D eigenvalue weighted by molar-refractivity contribution is 6.01. The summed E-state index contributed by atoms with van der Waals surface area (Å²) in [6, 6.07) is 30.6. The monoisotopic (exact) mass is 608 g/mol. The van der Waals surface area contributed by atoms with Gasteiger partial charge < -0.3 is 24.8 Å². The molecule has 2 N–H and O–H groups in total. The summed E-state index contributed by atoms with van der Waals surface area (Å²) < 4.78 is 16.4. The molecule has 0 aliphatic carbocycles. The van der Waals surface area contributed by atoms with E-state index in [0.717, 1.165) is 16.7 Å². The molecule has 0 aromatic heterocycles. The fraction of sp³-hybridized carbons (Fsp3) is 0.222. The van der Waals surface area contributed by atoms with Gasteiger partial charge in [0.1, 0.15) is 24.9 Å². The number of anilines is 1. The van der Waals surface area contributed by atoms with Crippen molar-refractivity contribution in [3.05, 3.63) is 137 Å². The van der Waals surface area contributed by atoms with Crippen LogP contribution in [0, 0.1) is 0 Å². The van der Waals surface area contributed by atoms with Gasteiger partial charge in [0.25, 0.3) is 0 Å². The Morgan fingerprint density at radius 2 is 1.09 bits per heavy atom. The van der Waals surface area contributed by atoms with E-state index in [4.69, 9.17) is 14.2 Å². The molecular weight excluding hydrogens is 572 g/mol. The van der Waals surface area contributed by atoms with Crippen molar-refractivity contribution in [1.82, 2.24) is 5.32 Å². The van der Waals surface area contributed by atoms with Gasteiger partial charge in [-0.15, -0.1) is 0 Å². The molecule has 4 aromatic rings. The average molecular weight is 609 g/mol. The summed E-state index contributed by atoms with van der Waals surface area (Å²) >= 11 is 0. The molecular formula is C36H36N2O7. The lowest BCUT2D eigenvalue weighted by molar-refractivity contribution is -0.118. The molecule has 232 valence electrons. The molecule has 0 aliphatic rings. The van der Waals surface area contributed by atoms with Crippen LogP contribution in [0.5, 0.6) is 0 Å². The number of benzene rings is 4. The van der Waals surface area contributed by atoms with Crippen molar-refractivity contribution in [1.29, 1.82) is 0 Å². The summed E-state index contributed by atoms with van der Waals surface area (Å²) in [4.78, 5) is 52.4. The first-order chi connectivity index (χ1) is 21.6. The van der Waals surface area contributed by atoms with E-state index < -0.39 is 35.6 Å². The van der Waals surface area contributed by atoms with Gasteiger partial charge in [-0.3, -0.25) is 4.79 Å². The van der Waals surface area contributed by atoms with Crippen molar-refractivity contribution < 1.29 is 33.4 Å². The molecule has 0 unspecified atom stereocenters. The predicted molar refractivity (Wildman–Crippen MR) is 169 cm³/mol. The zero-order chi connectivity index (χ0) is 32.2. The maximum atomic E-state index is 13.6. The van der Waals surface area contributed by atoms with Crippen LogP contribution in [-0.4, -0.2) is 35.6 Å². The first kappa shape index (κ1) is 32.5. The van der Waals surface area contributed by atoms with Crippen LogP contribution >= 0.6 is 0 Å². The van der Waals surface area contributed by atoms with Gasteiger partial charge in [0, 0.05) is 12.1 Å². The van der Waals surface area contributed by atoms with E-state index in [2.05, 4.69) is 10.6 Å². The van der Waals surface area contributed by atoms with E-state index in [9.17, 15) is 19.2 Å². The summed E-state index contributed by atoms with van der Waals surface area (Å²) in [7, 11) is 0. The Morgan fingerprint density at radius 3 is 1.53 bits per heavy atom. The van der Waals surface area contributed by atoms with E-state index in [0.29, 0.717) is 0 Å². The molecule has 9 heteroatoms. The molecule has 0 spiro atoms. The van der Waals surface area contributed by atoms with Crippen molar-refractivity contribution in [3.8, 4) is 0 Å². The van der Waals surface area contributed by atoms with Crippen LogP contribution in [0.25, 0.3) is 0 Å². The summed E-state index contributed by atoms with van der Waals surface area (Å²) in [5, 5.41) is 5.38. The van der Waals surface area contributed by atoms with Crippen molar-refractivity contribution in [2.24, 2.45) is 0 Å². The quantitative estimate of drug-likeness (QED) is 0.148. The Hall–Kier alpha value is -5.44. The molecule has 0 aliphatic heterocycles. The first-order valence-corrected chi connectivity index (χ1v) is 14.5. The summed E-state index contributed by atoms with van der Waals surface area (Å²) in [5.74, 6) is -1.97. The van der Waals surface area contributed by atoms with Crippen LogP contribution in [0.15, 0.2) is 109 Å². The normalized spacial score (nSPS) is 11.5. The summed E-state index contributed by atoms with van der Waals surface area (Å²) in [6.07, 6.45) is -0.599. The van der Waals surface area contributed by atoms with Crippen LogP contribution < -0.4 is 10.6 Å². The number of hydrogen-bond acceptors (Lipinski definition) is 7. The second-order valence-corrected chi connectivity index (χ2v) is 11.3. The molecule has 4 rings (SSSR count). The lowest BCUT2D eigenvalue weighted by Crippen LogP contribution is -2.47. The lowest BCUT2D eigenvalue weighted by atomic mass is 10.0. The Labute approximate surface area is 262 Å². The third kappa shape index (κ3) is 10.7.